The molecule has 0 aliphatic heterocycles. The number of aromatic nitrogens is 2. The lowest BCUT2D eigenvalue weighted by molar-refractivity contribution is 0.222. The van der Waals surface area contributed by atoms with Crippen LogP contribution in [0.5, 0.6) is 0 Å². The van der Waals surface area contributed by atoms with Gasteiger partial charge in [-0.3, -0.25) is 0 Å². The minimum atomic E-state index is -0.597. The van der Waals surface area contributed by atoms with Crippen LogP contribution in [0.1, 0.15) is 22.1 Å². The van der Waals surface area contributed by atoms with Crippen LogP contribution in [-0.4, -0.2) is 14.7 Å². The Hall–Kier alpha value is -1.65. The van der Waals surface area contributed by atoms with Crippen molar-refractivity contribution in [2.45, 2.75) is 13.0 Å². The number of thiophene rings is 1. The number of hydrogen-bond donors (Lipinski definition) is 1. The zero-order chi connectivity index (χ0) is 11.8. The van der Waals surface area contributed by atoms with Crippen molar-refractivity contribution in [3.63, 3.8) is 0 Å². The first-order valence-electron chi connectivity index (χ1n) is 5.41. The van der Waals surface area contributed by atoms with Gasteiger partial charge in [0.1, 0.15) is 6.10 Å². The molecule has 1 atom stereocenters. The van der Waals surface area contributed by atoms with Gasteiger partial charge in [-0.2, -0.15) is 5.10 Å². The number of aliphatic hydroxyl groups is 1. The number of pyridine rings is 1. The molecule has 0 amide bonds. The molecule has 1 unspecified atom stereocenters. The van der Waals surface area contributed by atoms with Gasteiger partial charge < -0.3 is 5.11 Å². The third-order valence-electron chi connectivity index (χ3n) is 2.82. The predicted molar refractivity (Wildman–Crippen MR) is 68.3 cm³/mol. The highest BCUT2D eigenvalue weighted by molar-refractivity contribution is 7.10. The highest BCUT2D eigenvalue weighted by atomic mass is 32.1. The summed E-state index contributed by atoms with van der Waals surface area (Å²) in [6.07, 6.45) is 3.01. The van der Waals surface area contributed by atoms with Gasteiger partial charge >= 0.3 is 0 Å². The maximum Gasteiger partial charge on any atom is 0.109 e. The Balaban J connectivity index is 2.09. The van der Waals surface area contributed by atoms with E-state index in [0.717, 1.165) is 16.6 Å². The molecule has 0 saturated heterocycles. The standard InChI is InChI=1S/C13H12N2OS/c1-9-6-10(8-17-9)13(16)11-7-14-15-5-3-2-4-12(11)15/h2-8,13,16H,1H3. The molecule has 0 aliphatic rings. The van der Waals surface area contributed by atoms with E-state index in [1.807, 2.05) is 42.8 Å². The second-order valence-corrected chi connectivity index (χ2v) is 5.14. The van der Waals surface area contributed by atoms with Gasteiger partial charge in [-0.25, -0.2) is 4.52 Å². The normalized spacial score (nSPS) is 13.1. The summed E-state index contributed by atoms with van der Waals surface area (Å²) in [5, 5.41) is 16.6. The second-order valence-electron chi connectivity index (χ2n) is 4.02. The largest absolute Gasteiger partial charge is 0.383 e. The fraction of sp³-hybridized carbons (Fsp3) is 0.154. The van der Waals surface area contributed by atoms with Gasteiger partial charge in [-0.05, 0) is 36.1 Å². The van der Waals surface area contributed by atoms with Gasteiger partial charge in [0.2, 0.25) is 0 Å². The fourth-order valence-electron chi connectivity index (χ4n) is 1.95. The molecule has 3 nitrogen and oxygen atoms in total. The van der Waals surface area contributed by atoms with E-state index in [2.05, 4.69) is 5.10 Å². The molecular formula is C13H12N2OS. The zero-order valence-electron chi connectivity index (χ0n) is 9.37. The molecule has 0 saturated carbocycles. The van der Waals surface area contributed by atoms with E-state index in [-0.39, 0.29) is 0 Å². The summed E-state index contributed by atoms with van der Waals surface area (Å²) in [6, 6.07) is 7.85. The van der Waals surface area contributed by atoms with Gasteiger partial charge in [-0.15, -0.1) is 11.3 Å². The number of aryl methyl sites for hydroxylation is 1. The van der Waals surface area contributed by atoms with E-state index in [1.165, 1.54) is 4.88 Å². The minimum absolute atomic E-state index is 0.597. The topological polar surface area (TPSA) is 37.5 Å². The quantitative estimate of drug-likeness (QED) is 0.752. The van der Waals surface area contributed by atoms with Crippen molar-refractivity contribution < 1.29 is 5.11 Å². The summed E-state index contributed by atoms with van der Waals surface area (Å²) in [6.45, 7) is 2.04. The summed E-state index contributed by atoms with van der Waals surface area (Å²) in [5.41, 5.74) is 2.73. The zero-order valence-corrected chi connectivity index (χ0v) is 10.2. The molecule has 86 valence electrons. The van der Waals surface area contributed by atoms with Crippen LogP contribution in [0.3, 0.4) is 0 Å². The van der Waals surface area contributed by atoms with E-state index in [9.17, 15) is 5.11 Å². The molecule has 0 radical (unpaired) electrons. The summed E-state index contributed by atoms with van der Waals surface area (Å²) >= 11 is 1.65. The Morgan fingerprint density at radius 1 is 1.41 bits per heavy atom. The molecule has 3 rings (SSSR count). The van der Waals surface area contributed by atoms with Gasteiger partial charge in [0.25, 0.3) is 0 Å². The first-order chi connectivity index (χ1) is 8.25. The number of nitrogens with zero attached hydrogens (tertiary/aromatic N) is 2. The number of rotatable bonds is 2. The van der Waals surface area contributed by atoms with E-state index >= 15 is 0 Å². The van der Waals surface area contributed by atoms with Crippen molar-refractivity contribution in [2.75, 3.05) is 0 Å². The van der Waals surface area contributed by atoms with Gasteiger partial charge in [0.15, 0.2) is 0 Å². The van der Waals surface area contributed by atoms with Crippen LogP contribution < -0.4 is 0 Å². The number of aliphatic hydroxyl groups excluding tert-OH is 1. The molecule has 3 heterocycles. The van der Waals surface area contributed by atoms with Crippen LogP contribution in [0.15, 0.2) is 42.0 Å². The van der Waals surface area contributed by atoms with Gasteiger partial charge in [0.05, 0.1) is 11.7 Å². The average Bonchev–Trinajstić information content (AvgIpc) is 2.94. The smallest absolute Gasteiger partial charge is 0.109 e. The molecular weight excluding hydrogens is 232 g/mol. The molecule has 1 N–H and O–H groups in total. The summed E-state index contributed by atoms with van der Waals surface area (Å²) < 4.78 is 1.78. The minimum Gasteiger partial charge on any atom is -0.383 e. The van der Waals surface area contributed by atoms with E-state index in [4.69, 9.17) is 0 Å². The molecule has 17 heavy (non-hydrogen) atoms. The third kappa shape index (κ3) is 1.75. The van der Waals surface area contributed by atoms with Crippen molar-refractivity contribution in [2.24, 2.45) is 0 Å². The SMILES string of the molecule is Cc1cc(C(O)c2cnn3ccccc23)cs1. The highest BCUT2D eigenvalue weighted by Crippen LogP contribution is 2.28. The Labute approximate surface area is 103 Å². The van der Waals surface area contributed by atoms with E-state index in [0.29, 0.717) is 0 Å². The Kier molecular flexibility index (Phi) is 2.46. The van der Waals surface area contributed by atoms with Crippen molar-refractivity contribution >= 4 is 16.9 Å². The monoisotopic (exact) mass is 244 g/mol. The van der Waals surface area contributed by atoms with Crippen LogP contribution in [0.2, 0.25) is 0 Å². The molecule has 0 spiro atoms. The van der Waals surface area contributed by atoms with Crippen molar-refractivity contribution in [1.29, 1.82) is 0 Å². The molecule has 3 aromatic heterocycles. The average molecular weight is 244 g/mol. The molecule has 0 bridgehead atoms. The fourth-order valence-corrected chi connectivity index (χ4v) is 2.67. The molecule has 0 aromatic carbocycles. The van der Waals surface area contributed by atoms with Crippen molar-refractivity contribution in [1.82, 2.24) is 9.61 Å². The summed E-state index contributed by atoms with van der Waals surface area (Å²) in [4.78, 5) is 1.20. The van der Waals surface area contributed by atoms with E-state index in [1.54, 1.807) is 22.0 Å². The van der Waals surface area contributed by atoms with Crippen LogP contribution in [0.25, 0.3) is 5.52 Å². The van der Waals surface area contributed by atoms with Crippen LogP contribution in [0.4, 0.5) is 0 Å². The lowest BCUT2D eigenvalue weighted by Gasteiger charge is -2.06. The van der Waals surface area contributed by atoms with Crippen molar-refractivity contribution in [3.05, 3.63) is 58.0 Å². The third-order valence-corrected chi connectivity index (χ3v) is 3.70. The number of hydrogen-bond acceptors (Lipinski definition) is 3. The first-order valence-corrected chi connectivity index (χ1v) is 6.29. The molecule has 4 heteroatoms. The van der Waals surface area contributed by atoms with Gasteiger partial charge in [0, 0.05) is 16.6 Å². The van der Waals surface area contributed by atoms with Crippen LogP contribution in [0, 0.1) is 6.92 Å². The molecule has 3 aromatic rings. The Morgan fingerprint density at radius 3 is 3.06 bits per heavy atom. The maximum absolute atomic E-state index is 10.3. The van der Waals surface area contributed by atoms with Gasteiger partial charge in [-0.1, -0.05) is 6.07 Å². The molecule has 0 aliphatic carbocycles. The molecule has 0 fully saturated rings. The highest BCUT2D eigenvalue weighted by Gasteiger charge is 2.16. The number of fused-ring (bicyclic) bond motifs is 1. The van der Waals surface area contributed by atoms with Crippen molar-refractivity contribution in [3.8, 4) is 0 Å². The maximum atomic E-state index is 10.3. The van der Waals surface area contributed by atoms with E-state index < -0.39 is 6.10 Å². The lowest BCUT2D eigenvalue weighted by Crippen LogP contribution is -1.97. The lowest BCUT2D eigenvalue weighted by atomic mass is 10.1. The predicted octanol–water partition coefficient (Wildman–Crippen LogP) is 2.79. The van der Waals surface area contributed by atoms with Crippen LogP contribution in [-0.2, 0) is 0 Å². The summed E-state index contributed by atoms with van der Waals surface area (Å²) in [7, 11) is 0. The Bertz CT molecular complexity index is 656. The summed E-state index contributed by atoms with van der Waals surface area (Å²) in [5.74, 6) is 0. The van der Waals surface area contributed by atoms with Crippen LogP contribution >= 0.6 is 11.3 Å². The first kappa shape index (κ1) is 10.5. The Morgan fingerprint density at radius 2 is 2.29 bits per heavy atom. The second kappa shape index (κ2) is 3.98.